The first-order valence-corrected chi connectivity index (χ1v) is 14.1. The molecule has 8 rings (SSSR count). The van der Waals surface area contributed by atoms with E-state index in [9.17, 15) is 0 Å². The second kappa shape index (κ2) is 9.30. The highest BCUT2D eigenvalue weighted by Gasteiger charge is 2.15. The SMILES string of the molecule is c1ccc(-c2ccc(-c3nc(-c4ccc5oc6ccccc6c5c4)cc(-c4cc5ccccc5s4)n3)cc2)cc1. The van der Waals surface area contributed by atoms with Crippen LogP contribution in [0.4, 0.5) is 0 Å². The number of hydrogen-bond acceptors (Lipinski definition) is 4. The summed E-state index contributed by atoms with van der Waals surface area (Å²) in [7, 11) is 0. The molecule has 3 aromatic heterocycles. The molecule has 0 amide bonds. The van der Waals surface area contributed by atoms with Crippen molar-refractivity contribution in [1.82, 2.24) is 9.97 Å². The minimum absolute atomic E-state index is 0.710. The molecule has 5 aromatic carbocycles. The standard InChI is InChI=1S/C36H22N2OS/c1-2-8-23(9-3-1)24-14-16-25(17-15-24)36-37-30(22-31(38-36)35-21-27-10-4-7-13-34(27)40-35)26-18-19-33-29(20-26)28-11-5-6-12-32(28)39-33/h1-22H. The average molecular weight is 531 g/mol. The summed E-state index contributed by atoms with van der Waals surface area (Å²) in [6.45, 7) is 0. The van der Waals surface area contributed by atoms with E-state index in [4.69, 9.17) is 14.4 Å². The first-order chi connectivity index (χ1) is 19.8. The van der Waals surface area contributed by atoms with Crippen molar-refractivity contribution in [3.8, 4) is 44.3 Å². The number of hydrogen-bond donors (Lipinski definition) is 0. The zero-order chi connectivity index (χ0) is 26.5. The Kier molecular flexibility index (Phi) is 5.32. The molecule has 0 aliphatic heterocycles. The summed E-state index contributed by atoms with van der Waals surface area (Å²) in [6.07, 6.45) is 0. The van der Waals surface area contributed by atoms with Crippen molar-refractivity contribution in [1.29, 1.82) is 0 Å². The maximum Gasteiger partial charge on any atom is 0.160 e. The number of rotatable bonds is 4. The number of aromatic nitrogens is 2. The Bertz CT molecular complexity index is 2120. The summed E-state index contributed by atoms with van der Waals surface area (Å²) in [4.78, 5) is 11.3. The van der Waals surface area contributed by atoms with E-state index in [-0.39, 0.29) is 0 Å². The van der Waals surface area contributed by atoms with Gasteiger partial charge in [0, 0.05) is 26.6 Å². The van der Waals surface area contributed by atoms with Gasteiger partial charge in [-0.3, -0.25) is 0 Å². The van der Waals surface area contributed by atoms with Gasteiger partial charge in [-0.2, -0.15) is 0 Å². The van der Waals surface area contributed by atoms with E-state index in [1.165, 1.54) is 21.2 Å². The molecule has 0 unspecified atom stereocenters. The lowest BCUT2D eigenvalue weighted by Gasteiger charge is -2.09. The van der Waals surface area contributed by atoms with Crippen LogP contribution in [-0.4, -0.2) is 9.97 Å². The number of nitrogens with zero attached hydrogens (tertiary/aromatic N) is 2. The molecule has 0 radical (unpaired) electrons. The van der Waals surface area contributed by atoms with Crippen LogP contribution >= 0.6 is 11.3 Å². The van der Waals surface area contributed by atoms with Crippen molar-refractivity contribution in [3.05, 3.63) is 133 Å². The maximum absolute atomic E-state index is 6.08. The predicted octanol–water partition coefficient (Wildman–Crippen LogP) is 10.3. The number of thiophene rings is 1. The molecule has 4 heteroatoms. The number of fused-ring (bicyclic) bond motifs is 4. The summed E-state index contributed by atoms with van der Waals surface area (Å²) in [5.41, 5.74) is 7.95. The van der Waals surface area contributed by atoms with Gasteiger partial charge in [0.2, 0.25) is 0 Å². The summed E-state index contributed by atoms with van der Waals surface area (Å²) in [6, 6.07) is 46.2. The highest BCUT2D eigenvalue weighted by molar-refractivity contribution is 7.22. The fourth-order valence-corrected chi connectivity index (χ4v) is 6.31. The Morgan fingerprint density at radius 3 is 2.02 bits per heavy atom. The fraction of sp³-hybridized carbons (Fsp3) is 0. The van der Waals surface area contributed by atoms with Gasteiger partial charge in [0.15, 0.2) is 5.82 Å². The molecular weight excluding hydrogens is 508 g/mol. The zero-order valence-electron chi connectivity index (χ0n) is 21.4. The van der Waals surface area contributed by atoms with Crippen molar-refractivity contribution in [2.75, 3.05) is 0 Å². The lowest BCUT2D eigenvalue weighted by atomic mass is 10.0. The van der Waals surface area contributed by atoms with Gasteiger partial charge >= 0.3 is 0 Å². The Balaban J connectivity index is 1.29. The molecule has 3 heterocycles. The summed E-state index contributed by atoms with van der Waals surface area (Å²) < 4.78 is 7.33. The molecule has 3 nitrogen and oxygen atoms in total. The third-order valence-corrected chi connectivity index (χ3v) is 8.47. The molecule has 0 saturated carbocycles. The van der Waals surface area contributed by atoms with E-state index < -0.39 is 0 Å². The molecule has 0 aliphatic carbocycles. The van der Waals surface area contributed by atoms with Gasteiger partial charge in [-0.1, -0.05) is 91.0 Å². The van der Waals surface area contributed by atoms with Crippen LogP contribution in [0.25, 0.3) is 76.4 Å². The lowest BCUT2D eigenvalue weighted by Crippen LogP contribution is -1.95. The molecule has 0 atom stereocenters. The quantitative estimate of drug-likeness (QED) is 0.227. The first kappa shape index (κ1) is 22.9. The van der Waals surface area contributed by atoms with Crippen molar-refractivity contribution < 1.29 is 4.42 Å². The lowest BCUT2D eigenvalue weighted by molar-refractivity contribution is 0.669. The highest BCUT2D eigenvalue weighted by Crippen LogP contribution is 2.37. The normalized spacial score (nSPS) is 11.5. The van der Waals surface area contributed by atoms with Crippen molar-refractivity contribution >= 4 is 43.4 Å². The second-order valence-electron chi connectivity index (χ2n) is 9.86. The third kappa shape index (κ3) is 3.98. The fourth-order valence-electron chi connectivity index (χ4n) is 5.29. The van der Waals surface area contributed by atoms with Gasteiger partial charge in [0.05, 0.1) is 16.3 Å². The summed E-state index contributed by atoms with van der Waals surface area (Å²) in [5, 5.41) is 3.42. The number of furan rings is 1. The van der Waals surface area contributed by atoms with E-state index >= 15 is 0 Å². The van der Waals surface area contributed by atoms with Crippen LogP contribution in [0.15, 0.2) is 138 Å². The van der Waals surface area contributed by atoms with E-state index in [0.29, 0.717) is 5.82 Å². The van der Waals surface area contributed by atoms with Crippen LogP contribution in [0, 0.1) is 0 Å². The average Bonchev–Trinajstić information content (AvgIpc) is 3.63. The van der Waals surface area contributed by atoms with Crippen LogP contribution in [0.3, 0.4) is 0 Å². The van der Waals surface area contributed by atoms with Crippen LogP contribution in [-0.2, 0) is 0 Å². The first-order valence-electron chi connectivity index (χ1n) is 13.2. The molecule has 0 fully saturated rings. The van der Waals surface area contributed by atoms with Crippen molar-refractivity contribution in [3.63, 3.8) is 0 Å². The van der Waals surface area contributed by atoms with E-state index in [2.05, 4.69) is 103 Å². The van der Waals surface area contributed by atoms with Gasteiger partial charge in [0.1, 0.15) is 11.2 Å². The van der Waals surface area contributed by atoms with Gasteiger partial charge in [0.25, 0.3) is 0 Å². The third-order valence-electron chi connectivity index (χ3n) is 7.33. The molecule has 0 spiro atoms. The smallest absolute Gasteiger partial charge is 0.160 e. The van der Waals surface area contributed by atoms with Gasteiger partial charge in [-0.15, -0.1) is 11.3 Å². The molecule has 40 heavy (non-hydrogen) atoms. The Labute approximate surface area is 235 Å². The predicted molar refractivity (Wildman–Crippen MR) is 166 cm³/mol. The zero-order valence-corrected chi connectivity index (χ0v) is 22.2. The Morgan fingerprint density at radius 2 is 1.15 bits per heavy atom. The van der Waals surface area contributed by atoms with E-state index in [0.717, 1.165) is 49.3 Å². The van der Waals surface area contributed by atoms with Crippen LogP contribution < -0.4 is 0 Å². The molecule has 188 valence electrons. The molecule has 0 bridgehead atoms. The largest absolute Gasteiger partial charge is 0.456 e. The minimum Gasteiger partial charge on any atom is -0.456 e. The second-order valence-corrected chi connectivity index (χ2v) is 10.9. The van der Waals surface area contributed by atoms with Crippen LogP contribution in [0.5, 0.6) is 0 Å². The van der Waals surface area contributed by atoms with Crippen molar-refractivity contribution in [2.24, 2.45) is 0 Å². The molecule has 0 N–H and O–H groups in total. The monoisotopic (exact) mass is 530 g/mol. The van der Waals surface area contributed by atoms with Gasteiger partial charge in [-0.25, -0.2) is 9.97 Å². The number of benzene rings is 5. The Morgan fingerprint density at radius 1 is 0.475 bits per heavy atom. The van der Waals surface area contributed by atoms with Crippen LogP contribution in [0.1, 0.15) is 0 Å². The molecule has 0 saturated heterocycles. The molecule has 0 aliphatic rings. The van der Waals surface area contributed by atoms with E-state index in [1.54, 1.807) is 11.3 Å². The van der Waals surface area contributed by atoms with E-state index in [1.807, 2.05) is 30.3 Å². The molecule has 8 aromatic rings. The maximum atomic E-state index is 6.08. The minimum atomic E-state index is 0.710. The van der Waals surface area contributed by atoms with Crippen LogP contribution in [0.2, 0.25) is 0 Å². The highest BCUT2D eigenvalue weighted by atomic mass is 32.1. The van der Waals surface area contributed by atoms with Crippen molar-refractivity contribution in [2.45, 2.75) is 0 Å². The Hall–Kier alpha value is -5.06. The topological polar surface area (TPSA) is 38.9 Å². The summed E-state index contributed by atoms with van der Waals surface area (Å²) in [5.74, 6) is 0.710. The van der Waals surface area contributed by atoms with Gasteiger partial charge in [-0.05, 0) is 59.0 Å². The molecular formula is C36H22N2OS. The number of para-hydroxylation sites is 1. The van der Waals surface area contributed by atoms with Gasteiger partial charge < -0.3 is 4.42 Å². The summed E-state index contributed by atoms with van der Waals surface area (Å²) >= 11 is 1.76.